The number of furan rings is 1. The van der Waals surface area contributed by atoms with E-state index < -0.39 is 0 Å². The fourth-order valence-corrected chi connectivity index (χ4v) is 1.62. The van der Waals surface area contributed by atoms with Crippen LogP contribution in [-0.4, -0.2) is 12.4 Å². The lowest BCUT2D eigenvalue weighted by Crippen LogP contribution is -1.92. The van der Waals surface area contributed by atoms with E-state index in [0.717, 1.165) is 5.39 Å². The van der Waals surface area contributed by atoms with Gasteiger partial charge in [-0.05, 0) is 19.1 Å². The van der Waals surface area contributed by atoms with Crippen LogP contribution in [0.5, 0.6) is 5.75 Å². The molecule has 3 nitrogen and oxygen atoms in total. The Morgan fingerprint density at radius 2 is 2.19 bits per heavy atom. The lowest BCUT2D eigenvalue weighted by atomic mass is 10.2. The predicted molar refractivity (Wildman–Crippen MR) is 62.0 cm³/mol. The van der Waals surface area contributed by atoms with Crippen LogP contribution in [0.3, 0.4) is 0 Å². The molecule has 1 aromatic heterocycles. The average Bonchev–Trinajstić information content (AvgIpc) is 2.73. The number of hydrogen-bond donors (Lipinski definition) is 0. The number of ketones is 1. The quantitative estimate of drug-likeness (QED) is 0.738. The minimum absolute atomic E-state index is 0.0126. The fraction of sp³-hybridized carbons (Fsp3) is 0.308. The Hall–Kier alpha value is -1.77. The van der Waals surface area contributed by atoms with Gasteiger partial charge in [-0.25, -0.2) is 0 Å². The summed E-state index contributed by atoms with van der Waals surface area (Å²) in [5.41, 5.74) is 0.654. The molecule has 0 radical (unpaired) electrons. The van der Waals surface area contributed by atoms with Crippen LogP contribution < -0.4 is 4.74 Å². The molecule has 2 aromatic rings. The van der Waals surface area contributed by atoms with Crippen LogP contribution in [0.4, 0.5) is 0 Å². The second-order valence-electron chi connectivity index (χ2n) is 3.49. The summed E-state index contributed by atoms with van der Waals surface area (Å²) >= 11 is 0. The first-order chi connectivity index (χ1) is 7.76. The summed E-state index contributed by atoms with van der Waals surface area (Å²) in [5.74, 6) is 1.11. The zero-order valence-corrected chi connectivity index (χ0v) is 9.45. The number of rotatable bonds is 4. The highest BCUT2D eigenvalue weighted by Gasteiger charge is 2.12. The molecule has 0 N–H and O–H groups in total. The van der Waals surface area contributed by atoms with Gasteiger partial charge in [-0.15, -0.1) is 0 Å². The minimum Gasteiger partial charge on any atom is -0.490 e. The van der Waals surface area contributed by atoms with E-state index in [1.54, 1.807) is 6.07 Å². The highest BCUT2D eigenvalue weighted by molar-refractivity contribution is 5.98. The molecule has 16 heavy (non-hydrogen) atoms. The van der Waals surface area contributed by atoms with E-state index in [0.29, 0.717) is 30.1 Å². The Morgan fingerprint density at radius 3 is 2.88 bits per heavy atom. The molecule has 0 fully saturated rings. The summed E-state index contributed by atoms with van der Waals surface area (Å²) in [6.07, 6.45) is 0.448. The molecule has 0 aliphatic rings. The maximum Gasteiger partial charge on any atom is 0.197 e. The zero-order valence-electron chi connectivity index (χ0n) is 9.45. The summed E-state index contributed by atoms with van der Waals surface area (Å²) in [4.78, 5) is 11.5. The first-order valence-electron chi connectivity index (χ1n) is 5.44. The Labute approximate surface area is 94.0 Å². The van der Waals surface area contributed by atoms with Gasteiger partial charge in [0.05, 0.1) is 6.61 Å². The molecule has 0 aliphatic heterocycles. The third-order valence-electron chi connectivity index (χ3n) is 2.40. The molecule has 0 bridgehead atoms. The van der Waals surface area contributed by atoms with Gasteiger partial charge in [-0.1, -0.05) is 19.1 Å². The maximum absolute atomic E-state index is 11.5. The lowest BCUT2D eigenvalue weighted by Gasteiger charge is -2.02. The standard InChI is InChI=1S/C13H14O3/c1-3-10(14)12-8-9-6-5-7-11(15-4-2)13(9)16-12/h5-8H,3-4H2,1-2H3. The normalized spacial score (nSPS) is 10.6. The molecule has 0 unspecified atom stereocenters. The molecule has 3 heteroatoms. The molecule has 0 atom stereocenters. The second-order valence-corrected chi connectivity index (χ2v) is 3.49. The van der Waals surface area contributed by atoms with E-state index in [2.05, 4.69) is 0 Å². The number of carbonyl (C=O) groups excluding carboxylic acids is 1. The molecule has 1 aromatic carbocycles. The van der Waals surface area contributed by atoms with Crippen molar-refractivity contribution in [3.05, 3.63) is 30.0 Å². The smallest absolute Gasteiger partial charge is 0.197 e. The Kier molecular flexibility index (Phi) is 2.95. The highest BCUT2D eigenvalue weighted by atomic mass is 16.5. The van der Waals surface area contributed by atoms with Crippen molar-refractivity contribution in [3.8, 4) is 5.75 Å². The van der Waals surface area contributed by atoms with E-state index in [1.807, 2.05) is 32.0 Å². The van der Waals surface area contributed by atoms with Gasteiger partial charge in [0.2, 0.25) is 0 Å². The van der Waals surface area contributed by atoms with E-state index >= 15 is 0 Å². The molecule has 0 saturated heterocycles. The van der Waals surface area contributed by atoms with Crippen molar-refractivity contribution in [1.29, 1.82) is 0 Å². The lowest BCUT2D eigenvalue weighted by molar-refractivity contribution is 0.0963. The third kappa shape index (κ3) is 1.81. The van der Waals surface area contributed by atoms with Gasteiger partial charge in [0.1, 0.15) is 0 Å². The van der Waals surface area contributed by atoms with Crippen molar-refractivity contribution >= 4 is 16.8 Å². The molecular formula is C13H14O3. The van der Waals surface area contributed by atoms with E-state index in [1.165, 1.54) is 0 Å². The number of para-hydroxylation sites is 1. The van der Waals surface area contributed by atoms with Crippen LogP contribution in [0.25, 0.3) is 11.0 Å². The zero-order chi connectivity index (χ0) is 11.5. The predicted octanol–water partition coefficient (Wildman–Crippen LogP) is 3.42. The van der Waals surface area contributed by atoms with Crippen molar-refractivity contribution in [2.45, 2.75) is 20.3 Å². The third-order valence-corrected chi connectivity index (χ3v) is 2.40. The van der Waals surface area contributed by atoms with Crippen molar-refractivity contribution in [1.82, 2.24) is 0 Å². The van der Waals surface area contributed by atoms with Gasteiger partial charge in [-0.2, -0.15) is 0 Å². The van der Waals surface area contributed by atoms with Gasteiger partial charge in [0.25, 0.3) is 0 Å². The van der Waals surface area contributed by atoms with Crippen LogP contribution in [0.1, 0.15) is 30.8 Å². The molecule has 0 amide bonds. The van der Waals surface area contributed by atoms with Crippen LogP contribution in [-0.2, 0) is 0 Å². The molecule has 2 rings (SSSR count). The van der Waals surface area contributed by atoms with Crippen molar-refractivity contribution in [2.24, 2.45) is 0 Å². The van der Waals surface area contributed by atoms with Gasteiger partial charge >= 0.3 is 0 Å². The Morgan fingerprint density at radius 1 is 1.38 bits per heavy atom. The molecule has 1 heterocycles. The number of fused-ring (bicyclic) bond motifs is 1. The number of carbonyl (C=O) groups is 1. The Bertz CT molecular complexity index is 511. The van der Waals surface area contributed by atoms with E-state index in [9.17, 15) is 4.79 Å². The van der Waals surface area contributed by atoms with Gasteiger partial charge in [-0.3, -0.25) is 4.79 Å². The Balaban J connectivity index is 2.52. The topological polar surface area (TPSA) is 39.4 Å². The largest absolute Gasteiger partial charge is 0.490 e. The fourth-order valence-electron chi connectivity index (χ4n) is 1.62. The van der Waals surface area contributed by atoms with Crippen molar-refractivity contribution in [2.75, 3.05) is 6.61 Å². The molecule has 84 valence electrons. The van der Waals surface area contributed by atoms with E-state index in [4.69, 9.17) is 9.15 Å². The van der Waals surface area contributed by atoms with Gasteiger partial charge in [0, 0.05) is 11.8 Å². The number of ether oxygens (including phenoxy) is 1. The first-order valence-corrected chi connectivity index (χ1v) is 5.44. The van der Waals surface area contributed by atoms with Crippen LogP contribution in [0.2, 0.25) is 0 Å². The number of hydrogen-bond acceptors (Lipinski definition) is 3. The molecule has 0 spiro atoms. The van der Waals surface area contributed by atoms with Crippen molar-refractivity contribution < 1.29 is 13.9 Å². The molecule has 0 saturated carbocycles. The summed E-state index contributed by atoms with van der Waals surface area (Å²) < 4.78 is 11.0. The maximum atomic E-state index is 11.5. The monoisotopic (exact) mass is 218 g/mol. The van der Waals surface area contributed by atoms with E-state index in [-0.39, 0.29) is 5.78 Å². The summed E-state index contributed by atoms with van der Waals surface area (Å²) in [5, 5.41) is 0.905. The SMILES string of the molecule is CCOc1cccc2cc(C(=O)CC)oc12. The van der Waals surface area contributed by atoms with Crippen LogP contribution in [0, 0.1) is 0 Å². The second kappa shape index (κ2) is 4.39. The average molecular weight is 218 g/mol. The van der Waals surface area contributed by atoms with Gasteiger partial charge in [0.15, 0.2) is 22.9 Å². The molecule has 0 aliphatic carbocycles. The molecular weight excluding hydrogens is 204 g/mol. The minimum atomic E-state index is 0.0126. The summed E-state index contributed by atoms with van der Waals surface area (Å²) in [7, 11) is 0. The summed E-state index contributed by atoms with van der Waals surface area (Å²) in [6.45, 7) is 4.32. The van der Waals surface area contributed by atoms with Crippen molar-refractivity contribution in [3.63, 3.8) is 0 Å². The highest BCUT2D eigenvalue weighted by Crippen LogP contribution is 2.29. The first kappa shape index (κ1) is 10.7. The number of benzene rings is 1. The number of Topliss-reactive ketones (excluding diaryl/α,β-unsaturated/α-hetero) is 1. The summed E-state index contributed by atoms with van der Waals surface area (Å²) in [6, 6.07) is 7.41. The van der Waals surface area contributed by atoms with Gasteiger partial charge < -0.3 is 9.15 Å². The van der Waals surface area contributed by atoms with Crippen LogP contribution in [0.15, 0.2) is 28.7 Å². The van der Waals surface area contributed by atoms with Crippen LogP contribution >= 0.6 is 0 Å².